The topological polar surface area (TPSA) is 74.1 Å². The summed E-state index contributed by atoms with van der Waals surface area (Å²) in [6.07, 6.45) is 5.30. The van der Waals surface area contributed by atoms with Gasteiger partial charge in [0.25, 0.3) is 0 Å². The number of piperazine rings is 1. The summed E-state index contributed by atoms with van der Waals surface area (Å²) in [6, 6.07) is 2.77. The highest BCUT2D eigenvalue weighted by molar-refractivity contribution is 5.51. The Labute approximate surface area is 179 Å². The number of nitrogens with one attached hydrogen (secondary N) is 1. The van der Waals surface area contributed by atoms with Gasteiger partial charge in [-0.15, -0.1) is 6.58 Å². The van der Waals surface area contributed by atoms with Crippen molar-refractivity contribution in [3.8, 4) is 12.1 Å². The van der Waals surface area contributed by atoms with E-state index in [2.05, 4.69) is 36.7 Å². The Morgan fingerprint density at radius 2 is 2.23 bits per heavy atom. The molecular weight excluding hydrogens is 381 g/mol. The lowest BCUT2D eigenvalue weighted by atomic mass is 9.99. The first-order chi connectivity index (χ1) is 14.5. The quantitative estimate of drug-likeness (QED) is 0.621. The second-order valence-electron chi connectivity index (χ2n) is 8.51. The van der Waals surface area contributed by atoms with E-state index in [0.717, 1.165) is 56.0 Å². The summed E-state index contributed by atoms with van der Waals surface area (Å²) in [5.41, 5.74) is 2.13. The van der Waals surface area contributed by atoms with E-state index < -0.39 is 6.17 Å². The molecule has 164 valence electrons. The molecule has 30 heavy (non-hydrogen) atoms. The smallest absolute Gasteiger partial charge is 0.318 e. The highest BCUT2D eigenvalue weighted by Crippen LogP contribution is 2.34. The van der Waals surface area contributed by atoms with Gasteiger partial charge in [0.2, 0.25) is 0 Å². The average Bonchev–Trinajstić information content (AvgIpc) is 3.07. The monoisotopic (exact) mass is 415 g/mol. The molecule has 0 amide bonds. The number of hydrogen-bond donors (Lipinski definition) is 1. The van der Waals surface area contributed by atoms with Crippen LogP contribution in [0.2, 0.25) is 0 Å². The standard InChI is InChI=1S/C23H34FN5O/c1-4-6-7-20-21(5-2)27-23(30-15-17-13-18(24)12-16(17)3)28-22(20)29-11-10-26-19(14-29)8-9-25/h4,16-19,26H,1,5-8,10-15H2,2-3H3/t16?,17-,18+,19+/m1/s1. The number of hydrogen-bond acceptors (Lipinski definition) is 6. The highest BCUT2D eigenvalue weighted by atomic mass is 19.1. The van der Waals surface area contributed by atoms with Gasteiger partial charge >= 0.3 is 6.01 Å². The summed E-state index contributed by atoms with van der Waals surface area (Å²) < 4.78 is 19.7. The number of rotatable bonds is 9. The first-order valence-electron chi connectivity index (χ1n) is 11.2. The van der Waals surface area contributed by atoms with Gasteiger partial charge < -0.3 is 15.0 Å². The van der Waals surface area contributed by atoms with Gasteiger partial charge in [-0.2, -0.15) is 15.2 Å². The fraction of sp³-hybridized carbons (Fsp3) is 0.696. The third-order valence-electron chi connectivity index (χ3n) is 6.29. The molecule has 1 saturated heterocycles. The van der Waals surface area contributed by atoms with Crippen LogP contribution in [0, 0.1) is 23.2 Å². The molecule has 1 unspecified atom stereocenters. The van der Waals surface area contributed by atoms with Crippen molar-refractivity contribution in [2.75, 3.05) is 31.1 Å². The van der Waals surface area contributed by atoms with E-state index in [-0.39, 0.29) is 12.0 Å². The van der Waals surface area contributed by atoms with Crippen LogP contribution in [-0.2, 0) is 12.8 Å². The summed E-state index contributed by atoms with van der Waals surface area (Å²) in [5, 5.41) is 12.5. The second kappa shape index (κ2) is 10.7. The molecule has 0 spiro atoms. The maximum atomic E-state index is 13.7. The number of halogens is 1. The third-order valence-corrected chi connectivity index (χ3v) is 6.29. The van der Waals surface area contributed by atoms with Gasteiger partial charge in [0.05, 0.1) is 24.8 Å². The number of anilines is 1. The fourth-order valence-electron chi connectivity index (χ4n) is 4.55. The van der Waals surface area contributed by atoms with Gasteiger partial charge in [-0.25, -0.2) is 4.39 Å². The van der Waals surface area contributed by atoms with Crippen LogP contribution in [0.1, 0.15) is 50.8 Å². The van der Waals surface area contributed by atoms with Crippen LogP contribution in [0.25, 0.3) is 0 Å². The predicted molar refractivity (Wildman–Crippen MR) is 116 cm³/mol. The molecule has 1 N–H and O–H groups in total. The number of nitrogens with zero attached hydrogens (tertiary/aromatic N) is 4. The molecule has 1 aromatic rings. The Balaban J connectivity index is 1.84. The Bertz CT molecular complexity index is 765. The van der Waals surface area contributed by atoms with Crippen LogP contribution >= 0.6 is 0 Å². The lowest BCUT2D eigenvalue weighted by Gasteiger charge is -2.35. The lowest BCUT2D eigenvalue weighted by Crippen LogP contribution is -2.51. The number of aryl methyl sites for hydroxylation is 1. The molecule has 0 aromatic carbocycles. The van der Waals surface area contributed by atoms with E-state index in [1.165, 1.54) is 0 Å². The molecule has 3 rings (SSSR count). The Morgan fingerprint density at radius 3 is 2.90 bits per heavy atom. The number of aromatic nitrogens is 2. The maximum absolute atomic E-state index is 13.7. The molecule has 0 radical (unpaired) electrons. The Kier molecular flexibility index (Phi) is 8.03. The van der Waals surface area contributed by atoms with Crippen LogP contribution < -0.4 is 15.0 Å². The summed E-state index contributed by atoms with van der Waals surface area (Å²) >= 11 is 0. The van der Waals surface area contributed by atoms with Crippen molar-refractivity contribution in [2.24, 2.45) is 11.8 Å². The second-order valence-corrected chi connectivity index (χ2v) is 8.51. The van der Waals surface area contributed by atoms with Crippen molar-refractivity contribution < 1.29 is 9.13 Å². The lowest BCUT2D eigenvalue weighted by molar-refractivity contribution is 0.203. The molecule has 1 aliphatic heterocycles. The predicted octanol–water partition coefficient (Wildman–Crippen LogP) is 3.61. The van der Waals surface area contributed by atoms with Crippen molar-refractivity contribution in [3.63, 3.8) is 0 Å². The molecule has 1 saturated carbocycles. The molecule has 0 bridgehead atoms. The molecule has 2 aliphatic rings. The van der Waals surface area contributed by atoms with Crippen molar-refractivity contribution in [1.29, 1.82) is 5.26 Å². The molecule has 1 aliphatic carbocycles. The maximum Gasteiger partial charge on any atom is 0.318 e. The molecule has 6 nitrogen and oxygen atoms in total. The zero-order chi connectivity index (χ0) is 21.5. The molecular formula is C23H34FN5O. The number of nitriles is 1. The van der Waals surface area contributed by atoms with Crippen molar-refractivity contribution in [2.45, 2.75) is 64.6 Å². The SMILES string of the molecule is C=CCCc1c(CC)nc(OC[C@H]2C[C@@H](F)CC2C)nc1N1CCN[C@@H](CC#N)C1. The van der Waals surface area contributed by atoms with Gasteiger partial charge in [-0.3, -0.25) is 0 Å². The fourth-order valence-corrected chi connectivity index (χ4v) is 4.55. The van der Waals surface area contributed by atoms with E-state index in [9.17, 15) is 4.39 Å². The van der Waals surface area contributed by atoms with E-state index in [1.54, 1.807) is 0 Å². The van der Waals surface area contributed by atoms with Gasteiger partial charge in [0, 0.05) is 31.2 Å². The first-order valence-corrected chi connectivity index (χ1v) is 11.2. The van der Waals surface area contributed by atoms with Crippen LogP contribution in [-0.4, -0.2) is 48.4 Å². The normalized spacial score (nSPS) is 26.4. The zero-order valence-electron chi connectivity index (χ0n) is 18.2. The molecule has 2 heterocycles. The van der Waals surface area contributed by atoms with Crippen molar-refractivity contribution in [3.05, 3.63) is 23.9 Å². The third kappa shape index (κ3) is 5.48. The van der Waals surface area contributed by atoms with Gasteiger partial charge in [0.1, 0.15) is 12.0 Å². The molecule has 1 aromatic heterocycles. The Hall–Kier alpha value is -2.20. The number of allylic oxidation sites excluding steroid dienone is 1. The van der Waals surface area contributed by atoms with Crippen LogP contribution in [0.4, 0.5) is 10.2 Å². The minimum atomic E-state index is -0.726. The minimum Gasteiger partial charge on any atom is -0.463 e. The molecule has 2 fully saturated rings. The number of ether oxygens (including phenoxy) is 1. The summed E-state index contributed by atoms with van der Waals surface area (Å²) in [4.78, 5) is 11.8. The zero-order valence-corrected chi connectivity index (χ0v) is 18.2. The van der Waals surface area contributed by atoms with Gasteiger partial charge in [-0.1, -0.05) is 19.9 Å². The Morgan fingerprint density at radius 1 is 1.40 bits per heavy atom. The summed E-state index contributed by atoms with van der Waals surface area (Å²) in [7, 11) is 0. The van der Waals surface area contributed by atoms with E-state index in [0.29, 0.717) is 37.8 Å². The highest BCUT2D eigenvalue weighted by Gasteiger charge is 2.32. The largest absolute Gasteiger partial charge is 0.463 e. The molecule has 7 heteroatoms. The summed E-state index contributed by atoms with van der Waals surface area (Å²) in [6.45, 7) is 10.9. The van der Waals surface area contributed by atoms with E-state index in [1.807, 2.05) is 6.08 Å². The van der Waals surface area contributed by atoms with Crippen molar-refractivity contribution in [1.82, 2.24) is 15.3 Å². The first kappa shape index (κ1) is 22.5. The minimum absolute atomic E-state index is 0.126. The van der Waals surface area contributed by atoms with Crippen molar-refractivity contribution >= 4 is 5.82 Å². The van der Waals surface area contributed by atoms with E-state index >= 15 is 0 Å². The average molecular weight is 416 g/mol. The number of alkyl halides is 1. The van der Waals surface area contributed by atoms with Crippen LogP contribution in [0.3, 0.4) is 0 Å². The molecule has 4 atom stereocenters. The van der Waals surface area contributed by atoms with Crippen LogP contribution in [0.5, 0.6) is 6.01 Å². The summed E-state index contributed by atoms with van der Waals surface area (Å²) in [5.74, 6) is 1.43. The van der Waals surface area contributed by atoms with E-state index in [4.69, 9.17) is 20.0 Å². The van der Waals surface area contributed by atoms with Crippen LogP contribution in [0.15, 0.2) is 12.7 Å². The van der Waals surface area contributed by atoms with Gasteiger partial charge in [-0.05, 0) is 43.9 Å². The van der Waals surface area contributed by atoms with Gasteiger partial charge in [0.15, 0.2) is 0 Å².